The molecular weight excluding hydrogens is 335 g/mol. The second-order valence-corrected chi connectivity index (χ2v) is 7.52. The van der Waals surface area contributed by atoms with Gasteiger partial charge in [-0.25, -0.2) is 9.37 Å². The van der Waals surface area contributed by atoms with Gasteiger partial charge in [-0.3, -0.25) is 9.59 Å². The summed E-state index contributed by atoms with van der Waals surface area (Å²) in [6.07, 6.45) is 3.44. The Bertz CT molecular complexity index is 864. The molecule has 1 spiro atoms. The van der Waals surface area contributed by atoms with Gasteiger partial charge in [0, 0.05) is 39.5 Å². The van der Waals surface area contributed by atoms with Crippen LogP contribution in [-0.4, -0.2) is 58.3 Å². The van der Waals surface area contributed by atoms with Crippen molar-refractivity contribution < 1.29 is 14.0 Å². The quantitative estimate of drug-likeness (QED) is 0.914. The van der Waals surface area contributed by atoms with Crippen molar-refractivity contribution in [3.05, 3.63) is 29.8 Å². The molecule has 2 amide bonds. The molecule has 2 aliphatic rings. The highest BCUT2D eigenvalue weighted by molar-refractivity contribution is 5.86. The fraction of sp³-hybridized carbons (Fsp3) is 0.526. The number of likely N-dealkylation sites (tertiary alicyclic amines) is 2. The number of carbonyl (C=O) groups is 2. The van der Waals surface area contributed by atoms with Gasteiger partial charge < -0.3 is 14.8 Å². The normalized spacial score (nSPS) is 23.4. The van der Waals surface area contributed by atoms with E-state index in [0.29, 0.717) is 42.8 Å². The van der Waals surface area contributed by atoms with Crippen LogP contribution in [0.15, 0.2) is 18.2 Å². The largest absolute Gasteiger partial charge is 0.345 e. The van der Waals surface area contributed by atoms with Gasteiger partial charge in [-0.2, -0.15) is 0 Å². The first-order valence-electron chi connectivity index (χ1n) is 9.14. The Labute approximate surface area is 151 Å². The summed E-state index contributed by atoms with van der Waals surface area (Å²) in [4.78, 5) is 36.3. The van der Waals surface area contributed by atoms with Crippen molar-refractivity contribution in [2.45, 2.75) is 32.1 Å². The lowest BCUT2D eigenvalue weighted by Crippen LogP contribution is -2.48. The highest BCUT2D eigenvalue weighted by Gasteiger charge is 2.48. The monoisotopic (exact) mass is 358 g/mol. The van der Waals surface area contributed by atoms with Crippen molar-refractivity contribution in [2.75, 3.05) is 26.7 Å². The molecular formula is C19H23FN4O2. The Kier molecular flexibility index (Phi) is 4.17. The number of nitrogens with one attached hydrogen (secondary N) is 1. The standard InChI is InChI=1S/C19H23FN4O2/c1-23-9-2-7-19(18(23)26)8-10-24(12-19)17(25)6-5-16-21-14-4-3-13(20)11-15(14)22-16/h3-4,11H,2,5-10,12H2,1H3,(H,21,22)/t19-/m0/s1. The summed E-state index contributed by atoms with van der Waals surface area (Å²) in [5, 5.41) is 0. The van der Waals surface area contributed by atoms with E-state index >= 15 is 0 Å². The summed E-state index contributed by atoms with van der Waals surface area (Å²) < 4.78 is 13.3. The number of imidazole rings is 1. The number of hydrogen-bond donors (Lipinski definition) is 1. The lowest BCUT2D eigenvalue weighted by atomic mass is 9.78. The van der Waals surface area contributed by atoms with Crippen molar-refractivity contribution in [1.82, 2.24) is 19.8 Å². The van der Waals surface area contributed by atoms with Crippen LogP contribution in [0.5, 0.6) is 0 Å². The first kappa shape index (κ1) is 17.0. The van der Waals surface area contributed by atoms with Gasteiger partial charge in [-0.05, 0) is 37.5 Å². The fourth-order valence-electron chi connectivity index (χ4n) is 4.27. The van der Waals surface area contributed by atoms with Gasteiger partial charge in [0.25, 0.3) is 0 Å². The highest BCUT2D eigenvalue weighted by atomic mass is 19.1. The molecule has 1 aromatic carbocycles. The zero-order valence-electron chi connectivity index (χ0n) is 14.9. The van der Waals surface area contributed by atoms with E-state index in [1.807, 2.05) is 11.9 Å². The molecule has 2 aliphatic heterocycles. The van der Waals surface area contributed by atoms with Crippen molar-refractivity contribution >= 4 is 22.8 Å². The number of H-pyrrole nitrogens is 1. The van der Waals surface area contributed by atoms with Crippen LogP contribution in [0.25, 0.3) is 11.0 Å². The summed E-state index contributed by atoms with van der Waals surface area (Å²) in [7, 11) is 1.85. The summed E-state index contributed by atoms with van der Waals surface area (Å²) >= 11 is 0. The minimum absolute atomic E-state index is 0.0505. The number of aromatic nitrogens is 2. The molecule has 1 N–H and O–H groups in total. The Balaban J connectivity index is 1.38. The van der Waals surface area contributed by atoms with Crippen LogP contribution in [0, 0.1) is 11.2 Å². The Morgan fingerprint density at radius 1 is 1.35 bits per heavy atom. The predicted octanol–water partition coefficient (Wildman–Crippen LogP) is 2.11. The second-order valence-electron chi connectivity index (χ2n) is 7.52. The van der Waals surface area contributed by atoms with E-state index < -0.39 is 0 Å². The number of aromatic amines is 1. The van der Waals surface area contributed by atoms with Gasteiger partial charge in [-0.15, -0.1) is 0 Å². The molecule has 2 saturated heterocycles. The topological polar surface area (TPSA) is 69.3 Å². The molecule has 1 aromatic heterocycles. The zero-order chi connectivity index (χ0) is 18.3. The predicted molar refractivity (Wildman–Crippen MR) is 94.9 cm³/mol. The molecule has 138 valence electrons. The average molecular weight is 358 g/mol. The Hall–Kier alpha value is -2.44. The molecule has 2 aromatic rings. The molecule has 0 unspecified atom stereocenters. The number of amides is 2. The van der Waals surface area contributed by atoms with Crippen molar-refractivity contribution in [1.29, 1.82) is 0 Å². The third-order valence-corrected chi connectivity index (χ3v) is 5.72. The highest BCUT2D eigenvalue weighted by Crippen LogP contribution is 2.39. The van der Waals surface area contributed by atoms with Crippen LogP contribution in [0.4, 0.5) is 4.39 Å². The minimum atomic E-state index is -0.375. The molecule has 3 heterocycles. The second kappa shape index (κ2) is 6.37. The number of halogens is 1. The SMILES string of the molecule is CN1CCC[C@@]2(CCN(C(=O)CCc3nc4ccc(F)cc4[nH]3)C2)C1=O. The number of fused-ring (bicyclic) bond motifs is 1. The molecule has 1 atom stereocenters. The molecule has 6 nitrogen and oxygen atoms in total. The average Bonchev–Trinajstić information content (AvgIpc) is 3.22. The molecule has 0 saturated carbocycles. The van der Waals surface area contributed by atoms with Crippen molar-refractivity contribution in [3.8, 4) is 0 Å². The van der Waals surface area contributed by atoms with Gasteiger partial charge in [0.05, 0.1) is 16.4 Å². The van der Waals surface area contributed by atoms with E-state index in [0.717, 1.165) is 25.8 Å². The Morgan fingerprint density at radius 3 is 3.04 bits per heavy atom. The van der Waals surface area contributed by atoms with E-state index in [1.54, 1.807) is 11.0 Å². The van der Waals surface area contributed by atoms with Gasteiger partial charge >= 0.3 is 0 Å². The maximum atomic E-state index is 13.3. The first-order valence-corrected chi connectivity index (χ1v) is 9.14. The van der Waals surface area contributed by atoms with E-state index in [4.69, 9.17) is 0 Å². The molecule has 7 heteroatoms. The van der Waals surface area contributed by atoms with Crippen LogP contribution >= 0.6 is 0 Å². The Morgan fingerprint density at radius 2 is 2.19 bits per heavy atom. The van der Waals surface area contributed by atoms with E-state index in [1.165, 1.54) is 12.1 Å². The number of carbonyl (C=O) groups excluding carboxylic acids is 2. The third-order valence-electron chi connectivity index (χ3n) is 5.72. The smallest absolute Gasteiger partial charge is 0.230 e. The lowest BCUT2D eigenvalue weighted by Gasteiger charge is -2.37. The summed E-state index contributed by atoms with van der Waals surface area (Å²) in [6, 6.07) is 4.41. The van der Waals surface area contributed by atoms with Gasteiger partial charge in [-0.1, -0.05) is 0 Å². The molecule has 0 aliphatic carbocycles. The molecule has 26 heavy (non-hydrogen) atoms. The summed E-state index contributed by atoms with van der Waals surface area (Å²) in [5.74, 6) is 0.600. The molecule has 0 bridgehead atoms. The maximum Gasteiger partial charge on any atom is 0.230 e. The van der Waals surface area contributed by atoms with E-state index in [2.05, 4.69) is 9.97 Å². The van der Waals surface area contributed by atoms with Crippen LogP contribution in [0.1, 0.15) is 31.5 Å². The van der Waals surface area contributed by atoms with Gasteiger partial charge in [0.1, 0.15) is 11.6 Å². The first-order chi connectivity index (χ1) is 12.5. The van der Waals surface area contributed by atoms with Crippen molar-refractivity contribution in [3.63, 3.8) is 0 Å². The van der Waals surface area contributed by atoms with Crippen LogP contribution in [0.2, 0.25) is 0 Å². The van der Waals surface area contributed by atoms with E-state index in [-0.39, 0.29) is 23.0 Å². The number of rotatable bonds is 3. The van der Waals surface area contributed by atoms with Crippen LogP contribution < -0.4 is 0 Å². The number of benzene rings is 1. The summed E-state index contributed by atoms with van der Waals surface area (Å²) in [6.45, 7) is 1.98. The van der Waals surface area contributed by atoms with E-state index in [9.17, 15) is 14.0 Å². The lowest BCUT2D eigenvalue weighted by molar-refractivity contribution is -0.144. The van der Waals surface area contributed by atoms with Crippen LogP contribution in [-0.2, 0) is 16.0 Å². The maximum absolute atomic E-state index is 13.3. The minimum Gasteiger partial charge on any atom is -0.345 e. The zero-order valence-corrected chi connectivity index (χ0v) is 14.9. The number of piperidine rings is 1. The third kappa shape index (κ3) is 2.95. The van der Waals surface area contributed by atoms with Gasteiger partial charge in [0.2, 0.25) is 11.8 Å². The summed E-state index contributed by atoms with van der Waals surface area (Å²) in [5.41, 5.74) is 0.966. The van der Waals surface area contributed by atoms with Gasteiger partial charge in [0.15, 0.2) is 0 Å². The molecule has 0 radical (unpaired) electrons. The fourth-order valence-corrected chi connectivity index (χ4v) is 4.27. The molecule has 4 rings (SSSR count). The number of nitrogens with zero attached hydrogens (tertiary/aromatic N) is 3. The number of hydrogen-bond acceptors (Lipinski definition) is 3. The molecule has 2 fully saturated rings. The van der Waals surface area contributed by atoms with Crippen molar-refractivity contribution in [2.24, 2.45) is 5.41 Å². The number of aryl methyl sites for hydroxylation is 1. The van der Waals surface area contributed by atoms with Crippen LogP contribution in [0.3, 0.4) is 0 Å².